The van der Waals surface area contributed by atoms with Crippen LogP contribution in [0.5, 0.6) is 0 Å². The molecule has 0 aliphatic heterocycles. The zero-order chi connectivity index (χ0) is 11.0. The van der Waals surface area contributed by atoms with Gasteiger partial charge in [0.2, 0.25) is 5.28 Å². The lowest BCUT2D eigenvalue weighted by Crippen LogP contribution is -2.08. The number of hydrogen-bond acceptors (Lipinski definition) is 2. The molecule has 1 aromatic carbocycles. The van der Waals surface area contributed by atoms with E-state index < -0.39 is 5.97 Å². The second-order valence-corrected chi connectivity index (χ2v) is 4.16. The molecule has 0 radical (unpaired) electrons. The molecule has 0 bridgehead atoms. The molecule has 78 valence electrons. The molecule has 0 aliphatic carbocycles. The fourth-order valence-electron chi connectivity index (χ4n) is 1.37. The maximum absolute atomic E-state index is 10.6. The summed E-state index contributed by atoms with van der Waals surface area (Å²) in [5.74, 6) is -0.948. The third kappa shape index (κ3) is 1.85. The molecular formula is C9H6BrClN2O2. The fraction of sp³-hybridized carbons (Fsp3) is 0.111. The monoisotopic (exact) mass is 288 g/mol. The molecule has 1 heterocycles. The van der Waals surface area contributed by atoms with E-state index in [2.05, 4.69) is 20.9 Å². The highest BCUT2D eigenvalue weighted by Gasteiger charge is 2.12. The Kier molecular flexibility index (Phi) is 2.67. The predicted octanol–water partition coefficient (Wildman–Crippen LogP) is 2.54. The first-order valence-corrected chi connectivity index (χ1v) is 5.28. The van der Waals surface area contributed by atoms with E-state index in [0.29, 0.717) is 11.0 Å². The van der Waals surface area contributed by atoms with Crippen molar-refractivity contribution in [2.24, 2.45) is 0 Å². The summed E-state index contributed by atoms with van der Waals surface area (Å²) in [4.78, 5) is 14.7. The summed E-state index contributed by atoms with van der Waals surface area (Å²) in [6, 6.07) is 5.42. The highest BCUT2D eigenvalue weighted by molar-refractivity contribution is 9.10. The lowest BCUT2D eigenvalue weighted by molar-refractivity contribution is -0.137. The maximum atomic E-state index is 10.6. The molecule has 0 spiro atoms. The molecule has 0 atom stereocenters. The van der Waals surface area contributed by atoms with Crippen LogP contribution in [0.4, 0.5) is 0 Å². The second kappa shape index (κ2) is 3.83. The Labute approximate surface area is 98.6 Å². The van der Waals surface area contributed by atoms with Crippen LogP contribution in [0.2, 0.25) is 5.28 Å². The first-order chi connectivity index (χ1) is 7.09. The van der Waals surface area contributed by atoms with Crippen molar-refractivity contribution in [1.82, 2.24) is 9.55 Å². The number of carboxylic acids is 1. The second-order valence-electron chi connectivity index (χ2n) is 2.97. The van der Waals surface area contributed by atoms with E-state index >= 15 is 0 Å². The summed E-state index contributed by atoms with van der Waals surface area (Å²) in [6.45, 7) is -0.189. The molecule has 2 rings (SSSR count). The average Bonchev–Trinajstić information content (AvgIpc) is 2.45. The number of carbonyl (C=O) groups is 1. The van der Waals surface area contributed by atoms with Crippen molar-refractivity contribution in [2.45, 2.75) is 6.54 Å². The Hall–Kier alpha value is -1.07. The predicted molar refractivity (Wildman–Crippen MR) is 60.1 cm³/mol. The summed E-state index contributed by atoms with van der Waals surface area (Å²) in [6.07, 6.45) is 0. The summed E-state index contributed by atoms with van der Waals surface area (Å²) in [5, 5.41) is 8.90. The van der Waals surface area contributed by atoms with Crippen molar-refractivity contribution < 1.29 is 9.90 Å². The Morgan fingerprint density at radius 1 is 1.60 bits per heavy atom. The number of halogens is 2. The molecule has 1 aromatic heterocycles. The van der Waals surface area contributed by atoms with E-state index in [4.69, 9.17) is 16.7 Å². The van der Waals surface area contributed by atoms with Gasteiger partial charge < -0.3 is 9.67 Å². The molecule has 6 heteroatoms. The van der Waals surface area contributed by atoms with Crippen LogP contribution in [-0.4, -0.2) is 20.6 Å². The van der Waals surface area contributed by atoms with Crippen molar-refractivity contribution in [2.75, 3.05) is 0 Å². The molecule has 0 saturated carbocycles. The first kappa shape index (κ1) is 10.4. The normalized spacial score (nSPS) is 10.8. The van der Waals surface area contributed by atoms with Gasteiger partial charge in [-0.3, -0.25) is 4.79 Å². The van der Waals surface area contributed by atoms with E-state index in [1.165, 1.54) is 4.57 Å². The largest absolute Gasteiger partial charge is 0.480 e. The van der Waals surface area contributed by atoms with Crippen LogP contribution in [0.15, 0.2) is 22.7 Å². The molecule has 0 unspecified atom stereocenters. The minimum Gasteiger partial charge on any atom is -0.480 e. The van der Waals surface area contributed by atoms with Crippen LogP contribution in [0, 0.1) is 0 Å². The van der Waals surface area contributed by atoms with Gasteiger partial charge in [0.25, 0.3) is 0 Å². The van der Waals surface area contributed by atoms with Crippen molar-refractivity contribution >= 4 is 44.5 Å². The third-order valence-corrected chi connectivity index (χ3v) is 2.90. The number of imidazole rings is 1. The number of carboxylic acid groups (broad SMARTS) is 1. The quantitative estimate of drug-likeness (QED) is 0.924. The van der Waals surface area contributed by atoms with E-state index in [-0.39, 0.29) is 11.8 Å². The Morgan fingerprint density at radius 3 is 3.00 bits per heavy atom. The molecule has 15 heavy (non-hydrogen) atoms. The molecule has 0 saturated heterocycles. The third-order valence-electron chi connectivity index (χ3n) is 1.98. The van der Waals surface area contributed by atoms with Crippen molar-refractivity contribution in [3.8, 4) is 0 Å². The standard InChI is InChI=1S/C9H6BrClN2O2/c10-5-2-1-3-6-8(5)12-9(11)13(6)4-7(14)15/h1-3H,4H2,(H,14,15). The van der Waals surface area contributed by atoms with Crippen molar-refractivity contribution in [3.05, 3.63) is 28.0 Å². The van der Waals surface area contributed by atoms with Gasteiger partial charge in [-0.05, 0) is 39.7 Å². The van der Waals surface area contributed by atoms with Gasteiger partial charge in [0, 0.05) is 4.47 Å². The van der Waals surface area contributed by atoms with Crippen LogP contribution in [0.3, 0.4) is 0 Å². The van der Waals surface area contributed by atoms with Gasteiger partial charge in [-0.2, -0.15) is 0 Å². The zero-order valence-corrected chi connectivity index (χ0v) is 9.79. The number of fused-ring (bicyclic) bond motifs is 1. The summed E-state index contributed by atoms with van der Waals surface area (Å²) in [5.41, 5.74) is 1.38. The smallest absolute Gasteiger partial charge is 0.323 e. The van der Waals surface area contributed by atoms with Gasteiger partial charge in [-0.1, -0.05) is 6.07 Å². The molecular weight excluding hydrogens is 283 g/mol. The molecule has 0 fully saturated rings. The highest BCUT2D eigenvalue weighted by Crippen LogP contribution is 2.26. The molecule has 0 aliphatic rings. The maximum Gasteiger partial charge on any atom is 0.323 e. The molecule has 4 nitrogen and oxygen atoms in total. The fourth-order valence-corrected chi connectivity index (χ4v) is 2.05. The van der Waals surface area contributed by atoms with Gasteiger partial charge in [-0.15, -0.1) is 0 Å². The number of para-hydroxylation sites is 1. The van der Waals surface area contributed by atoms with Crippen molar-refractivity contribution in [1.29, 1.82) is 0 Å². The molecule has 2 aromatic rings. The first-order valence-electron chi connectivity index (χ1n) is 4.11. The zero-order valence-electron chi connectivity index (χ0n) is 7.44. The summed E-state index contributed by atoms with van der Waals surface area (Å²) < 4.78 is 2.25. The van der Waals surface area contributed by atoms with Crippen LogP contribution in [-0.2, 0) is 11.3 Å². The Balaban J connectivity index is 2.68. The summed E-state index contributed by atoms with van der Waals surface area (Å²) in [7, 11) is 0. The van der Waals surface area contributed by atoms with E-state index in [1.54, 1.807) is 6.07 Å². The van der Waals surface area contributed by atoms with E-state index in [1.807, 2.05) is 12.1 Å². The lowest BCUT2D eigenvalue weighted by Gasteiger charge is -2.00. The SMILES string of the molecule is O=C(O)Cn1c(Cl)nc2c(Br)cccc21. The van der Waals surface area contributed by atoms with Crippen LogP contribution in [0.1, 0.15) is 0 Å². The number of aromatic nitrogens is 2. The van der Waals surface area contributed by atoms with Crippen molar-refractivity contribution in [3.63, 3.8) is 0 Å². The van der Waals surface area contributed by atoms with E-state index in [9.17, 15) is 4.79 Å². The topological polar surface area (TPSA) is 55.1 Å². The number of hydrogen-bond donors (Lipinski definition) is 1. The van der Waals surface area contributed by atoms with Crippen LogP contribution < -0.4 is 0 Å². The number of rotatable bonds is 2. The highest BCUT2D eigenvalue weighted by atomic mass is 79.9. The van der Waals surface area contributed by atoms with Crippen LogP contribution >= 0.6 is 27.5 Å². The van der Waals surface area contributed by atoms with Crippen LogP contribution in [0.25, 0.3) is 11.0 Å². The van der Waals surface area contributed by atoms with Gasteiger partial charge in [0.15, 0.2) is 0 Å². The molecule has 0 amide bonds. The number of aliphatic carboxylic acids is 1. The Morgan fingerprint density at radius 2 is 2.33 bits per heavy atom. The summed E-state index contributed by atoms with van der Waals surface area (Å²) >= 11 is 9.18. The van der Waals surface area contributed by atoms with Gasteiger partial charge >= 0.3 is 5.97 Å². The Bertz CT molecular complexity index is 538. The van der Waals surface area contributed by atoms with Gasteiger partial charge in [0.05, 0.1) is 5.52 Å². The molecule has 1 N–H and O–H groups in total. The minimum atomic E-state index is -0.948. The van der Waals surface area contributed by atoms with Gasteiger partial charge in [0.1, 0.15) is 12.1 Å². The van der Waals surface area contributed by atoms with Gasteiger partial charge in [-0.25, -0.2) is 4.98 Å². The number of nitrogens with zero attached hydrogens (tertiary/aromatic N) is 2. The minimum absolute atomic E-state index is 0.180. The average molecular weight is 290 g/mol. The number of benzene rings is 1. The lowest BCUT2D eigenvalue weighted by atomic mass is 10.3. The van der Waals surface area contributed by atoms with E-state index in [0.717, 1.165) is 4.47 Å².